The van der Waals surface area contributed by atoms with E-state index in [9.17, 15) is 29.7 Å². The lowest BCUT2D eigenvalue weighted by atomic mass is 9.69. The third-order valence-corrected chi connectivity index (χ3v) is 13.6. The number of nitriles is 2. The summed E-state index contributed by atoms with van der Waals surface area (Å²) in [6, 6.07) is 5.94. The molecule has 4 atom stereocenters. The minimum atomic E-state index is -1.50. The Kier molecular flexibility index (Phi) is 10.0. The summed E-state index contributed by atoms with van der Waals surface area (Å²) in [6.07, 6.45) is 3.65. The molecule has 4 fully saturated rings. The van der Waals surface area contributed by atoms with Gasteiger partial charge < -0.3 is 30.8 Å². The van der Waals surface area contributed by atoms with Gasteiger partial charge in [-0.05, 0) is 84.3 Å². The number of anilines is 2. The summed E-state index contributed by atoms with van der Waals surface area (Å²) in [6.45, 7) is 7.92. The molecule has 4 heterocycles. The molecule has 17 nitrogen and oxygen atoms in total. The minimum absolute atomic E-state index is 0.0000663. The number of rotatable bonds is 12. The van der Waals surface area contributed by atoms with Crippen LogP contribution < -0.4 is 58.7 Å². The maximum absolute atomic E-state index is 16.4. The lowest BCUT2D eigenvalue weighted by Gasteiger charge is -2.50. The Bertz CT molecular complexity index is 2810. The molecule has 4 unspecified atom stereocenters. The molecule has 2 aromatic heterocycles. The predicted molar refractivity (Wildman–Crippen MR) is 224 cm³/mol. The number of nitrogens with zero attached hydrogens (tertiary/aromatic N) is 7. The third-order valence-electron chi connectivity index (χ3n) is 13.6. The Hall–Kier alpha value is -5.92. The molecule has 4 aliphatic rings. The van der Waals surface area contributed by atoms with Gasteiger partial charge in [-0.2, -0.15) is 15.2 Å². The molecular weight excluding hydrogens is 793 g/mol. The summed E-state index contributed by atoms with van der Waals surface area (Å²) in [5.74, 6) is 3.61. The van der Waals surface area contributed by atoms with Crippen LogP contribution in [0, 0.1) is 57.0 Å². The second-order valence-corrected chi connectivity index (χ2v) is 18.2. The maximum atomic E-state index is 16.4. The van der Waals surface area contributed by atoms with Crippen LogP contribution in [-0.4, -0.2) is 70.9 Å². The van der Waals surface area contributed by atoms with Crippen LogP contribution in [0.25, 0.3) is 21.8 Å². The number of aromatic nitrogens is 4. The van der Waals surface area contributed by atoms with Crippen molar-refractivity contribution in [3.8, 4) is 23.6 Å². The van der Waals surface area contributed by atoms with Crippen molar-refractivity contribution in [1.29, 1.82) is 10.5 Å². The van der Waals surface area contributed by atoms with Gasteiger partial charge in [0.1, 0.15) is 22.4 Å². The molecule has 2 saturated heterocycles. The van der Waals surface area contributed by atoms with E-state index in [1.165, 1.54) is 23.4 Å². The van der Waals surface area contributed by atoms with E-state index in [4.69, 9.17) is 21.1 Å². The van der Waals surface area contributed by atoms with Gasteiger partial charge in [0, 0.05) is 50.2 Å². The van der Waals surface area contributed by atoms with Crippen molar-refractivity contribution < 1.29 is 18.3 Å². The van der Waals surface area contributed by atoms with E-state index in [0.29, 0.717) is 36.9 Å². The normalized spacial score (nSPS) is 21.1. The molecule has 0 spiro atoms. The Morgan fingerprint density at radius 3 is 1.92 bits per heavy atom. The predicted octanol–water partition coefficient (Wildman–Crippen LogP) is 2.91. The molecule has 0 amide bonds. The Labute approximate surface area is 349 Å². The van der Waals surface area contributed by atoms with Crippen LogP contribution >= 0.6 is 0 Å². The summed E-state index contributed by atoms with van der Waals surface area (Å²) in [5, 5.41) is 24.8. The van der Waals surface area contributed by atoms with Crippen molar-refractivity contribution in [3.63, 3.8) is 0 Å². The second kappa shape index (κ2) is 14.6. The third kappa shape index (κ3) is 6.51. The number of hydrogen-bond acceptors (Lipinski definition) is 13. The molecule has 61 heavy (non-hydrogen) atoms. The Morgan fingerprint density at radius 1 is 0.820 bits per heavy atom. The first-order chi connectivity index (χ1) is 28.8. The highest BCUT2D eigenvalue weighted by atomic mass is 19.1. The molecule has 0 bridgehead atoms. The van der Waals surface area contributed by atoms with Gasteiger partial charge in [-0.3, -0.25) is 29.0 Å². The SMILES string of the molecule is COc1c(N2CCC(C(NC(N)(C3CCN(c4c(F)cc5c(=O)n(N)c(=O)n(C6CC6)c5c4OC)C3)C(C)(C)C#N)C(C)(C)C#N)C2)c(F)cc2c(=O)[nH]c(=O)n(C3CC3)c12. The molecule has 6 N–H and O–H groups in total. The topological polar surface area (TPSA) is 235 Å². The van der Waals surface area contributed by atoms with E-state index in [0.717, 1.165) is 25.0 Å². The Balaban J connectivity index is 1.16. The number of hydrogen-bond donors (Lipinski definition) is 4. The van der Waals surface area contributed by atoms with E-state index in [1.54, 1.807) is 37.5 Å². The van der Waals surface area contributed by atoms with Crippen LogP contribution in [0.2, 0.25) is 0 Å². The molecule has 2 saturated carbocycles. The smallest absolute Gasteiger partial charge is 0.350 e. The maximum Gasteiger partial charge on any atom is 0.350 e. The van der Waals surface area contributed by atoms with Gasteiger partial charge in [0.05, 0.1) is 53.6 Å². The van der Waals surface area contributed by atoms with Gasteiger partial charge in [-0.25, -0.2) is 18.4 Å². The molecule has 19 heteroatoms. The van der Waals surface area contributed by atoms with Crippen LogP contribution in [0.1, 0.15) is 78.3 Å². The number of methoxy groups -OCH3 is 2. The first-order valence-corrected chi connectivity index (χ1v) is 20.6. The lowest BCUT2D eigenvalue weighted by Crippen LogP contribution is -2.72. The zero-order valence-corrected chi connectivity index (χ0v) is 35.1. The van der Waals surface area contributed by atoms with Gasteiger partial charge in [0.15, 0.2) is 23.1 Å². The van der Waals surface area contributed by atoms with Gasteiger partial charge >= 0.3 is 11.4 Å². The first kappa shape index (κ1) is 41.8. The molecule has 4 aromatic rings. The fourth-order valence-corrected chi connectivity index (χ4v) is 9.82. The summed E-state index contributed by atoms with van der Waals surface area (Å²) < 4.78 is 47.6. The molecule has 2 aliphatic heterocycles. The number of nitrogens with one attached hydrogen (secondary N) is 2. The number of nitrogens with two attached hydrogens (primary N) is 2. The number of halogens is 2. The van der Waals surface area contributed by atoms with Gasteiger partial charge in [0.25, 0.3) is 11.1 Å². The van der Waals surface area contributed by atoms with Gasteiger partial charge in [-0.15, -0.1) is 0 Å². The first-order valence-electron chi connectivity index (χ1n) is 20.6. The number of benzene rings is 2. The standard InChI is InChI=1S/C42H51F2N11O6/c1-40(2,19-45)35(21-11-13-51(17-21)31-27(43)15-25-29(33(31)60-5)53(23-7-8-23)38(58)49-36(25)56)50-42(47,41(3,4)20-46)22-12-14-52(18-22)32-28(44)16-26-30(34(32)61-6)54(24-9-10-24)39(59)55(48)37(26)57/h15-16,21-24,35,50H,7-14,17-18,47-48H2,1-6H3,(H,49,56,58). The molecule has 2 aromatic carbocycles. The number of H-pyrrole nitrogens is 1. The number of aromatic amines is 1. The fourth-order valence-electron chi connectivity index (χ4n) is 9.82. The number of ether oxygens (including phenoxy) is 2. The average Bonchev–Trinajstić information content (AvgIpc) is 4.15. The van der Waals surface area contributed by atoms with Gasteiger partial charge in [-0.1, -0.05) is 0 Å². The molecule has 2 aliphatic carbocycles. The van der Waals surface area contributed by atoms with Crippen LogP contribution in [0.5, 0.6) is 11.5 Å². The molecule has 8 rings (SSSR count). The zero-order valence-electron chi connectivity index (χ0n) is 35.1. The highest BCUT2D eigenvalue weighted by molar-refractivity contribution is 5.92. The van der Waals surface area contributed by atoms with E-state index in [-0.39, 0.29) is 82.3 Å². The lowest BCUT2D eigenvalue weighted by molar-refractivity contribution is 0.0600. The number of nitrogen functional groups attached to an aromatic ring is 1. The highest BCUT2D eigenvalue weighted by Crippen LogP contribution is 2.48. The minimum Gasteiger partial charge on any atom is -0.492 e. The van der Waals surface area contributed by atoms with Crippen molar-refractivity contribution in [3.05, 3.63) is 65.4 Å². The average molecular weight is 844 g/mol. The molecule has 0 radical (unpaired) electrons. The quantitative estimate of drug-likeness (QED) is 0.119. The van der Waals surface area contributed by atoms with Gasteiger partial charge in [0.2, 0.25) is 0 Å². The second-order valence-electron chi connectivity index (χ2n) is 18.2. The summed E-state index contributed by atoms with van der Waals surface area (Å²) in [7, 11) is 2.72. The van der Waals surface area contributed by atoms with E-state index in [1.807, 2.05) is 0 Å². The van der Waals surface area contributed by atoms with Crippen molar-refractivity contribution >= 4 is 33.2 Å². The fraction of sp³-hybridized carbons (Fsp3) is 0.571. The van der Waals surface area contributed by atoms with Crippen molar-refractivity contribution in [1.82, 2.24) is 24.1 Å². The monoisotopic (exact) mass is 843 g/mol. The van der Waals surface area contributed by atoms with Crippen LogP contribution in [0.15, 0.2) is 31.3 Å². The highest BCUT2D eigenvalue weighted by Gasteiger charge is 2.55. The van der Waals surface area contributed by atoms with Crippen LogP contribution in [0.3, 0.4) is 0 Å². The van der Waals surface area contributed by atoms with Crippen molar-refractivity contribution in [2.75, 3.05) is 56.0 Å². The van der Waals surface area contributed by atoms with Crippen LogP contribution in [-0.2, 0) is 0 Å². The van der Waals surface area contributed by atoms with E-state index in [2.05, 4.69) is 22.4 Å². The van der Waals surface area contributed by atoms with E-state index < -0.39 is 62.6 Å². The summed E-state index contributed by atoms with van der Waals surface area (Å²) in [5.41, 5.74) is 1.23. The Morgan fingerprint density at radius 2 is 1.36 bits per heavy atom. The number of fused-ring (bicyclic) bond motifs is 2. The summed E-state index contributed by atoms with van der Waals surface area (Å²) >= 11 is 0. The molecule has 324 valence electrons. The summed E-state index contributed by atoms with van der Waals surface area (Å²) in [4.78, 5) is 58.3. The zero-order chi connectivity index (χ0) is 44.1. The largest absolute Gasteiger partial charge is 0.492 e. The van der Waals surface area contributed by atoms with E-state index >= 15 is 8.78 Å². The van der Waals surface area contributed by atoms with Crippen LogP contribution in [0.4, 0.5) is 20.2 Å². The van der Waals surface area contributed by atoms with Crippen molar-refractivity contribution in [2.24, 2.45) is 28.4 Å². The van der Waals surface area contributed by atoms with Crippen molar-refractivity contribution in [2.45, 2.75) is 90.0 Å². The molecular formula is C42H51F2N11O6.